The number of benzene rings is 3. The summed E-state index contributed by atoms with van der Waals surface area (Å²) in [5, 5.41) is 2.74. The number of methoxy groups -OCH3 is 2. The predicted molar refractivity (Wildman–Crippen MR) is 207 cm³/mol. The zero-order valence-electron chi connectivity index (χ0n) is 32.0. The van der Waals surface area contributed by atoms with E-state index in [0.29, 0.717) is 33.7 Å². The van der Waals surface area contributed by atoms with E-state index in [4.69, 9.17) is 13.9 Å². The van der Waals surface area contributed by atoms with Crippen LogP contribution in [0.5, 0.6) is 5.75 Å². The van der Waals surface area contributed by atoms with E-state index in [1.54, 1.807) is 30.3 Å². The number of ketones is 1. The summed E-state index contributed by atoms with van der Waals surface area (Å²) in [6, 6.07) is 19.4. The van der Waals surface area contributed by atoms with Gasteiger partial charge in [-0.1, -0.05) is 69.3 Å². The molecule has 53 heavy (non-hydrogen) atoms. The molecule has 0 bridgehead atoms. The van der Waals surface area contributed by atoms with E-state index in [0.717, 1.165) is 0 Å². The van der Waals surface area contributed by atoms with E-state index in [1.807, 2.05) is 48.7 Å². The van der Waals surface area contributed by atoms with Crippen LogP contribution in [-0.4, -0.2) is 50.9 Å². The maximum atomic E-state index is 14.9. The summed E-state index contributed by atoms with van der Waals surface area (Å²) in [7, 11) is 0.378. The molecule has 0 aliphatic heterocycles. The Morgan fingerprint density at radius 2 is 1.53 bits per heavy atom. The maximum absolute atomic E-state index is 14.9. The SMILES string of the molecule is COC(=O)C[C@@H](CC(=O)C=Cc1c(-c2ccc(F)cc2)c(-c2ccccc2)c(C(=O)NCc2ccc(OC)cc2F)n1C(C)C)O[Si](C)(C)C(C)(C)C. The second-order valence-electron chi connectivity index (χ2n) is 14.7. The number of aromatic nitrogens is 1. The highest BCUT2D eigenvalue weighted by molar-refractivity contribution is 6.74. The van der Waals surface area contributed by atoms with E-state index in [9.17, 15) is 23.2 Å². The minimum Gasteiger partial charge on any atom is -0.497 e. The molecule has 0 saturated heterocycles. The molecule has 1 amide bonds. The third kappa shape index (κ3) is 9.97. The molecule has 8 nitrogen and oxygen atoms in total. The summed E-state index contributed by atoms with van der Waals surface area (Å²) in [5.41, 5.74) is 3.61. The van der Waals surface area contributed by atoms with Crippen LogP contribution in [0.2, 0.25) is 18.1 Å². The molecule has 1 aromatic heterocycles. The van der Waals surface area contributed by atoms with Crippen molar-refractivity contribution in [2.45, 2.75) is 84.3 Å². The van der Waals surface area contributed by atoms with E-state index < -0.39 is 37.9 Å². The fourth-order valence-corrected chi connectivity index (χ4v) is 7.22. The summed E-state index contributed by atoms with van der Waals surface area (Å²) in [6.45, 7) is 14.1. The van der Waals surface area contributed by atoms with E-state index in [2.05, 4.69) is 39.2 Å². The molecular formula is C42H50F2N2O6Si. The van der Waals surface area contributed by atoms with E-state index in [-0.39, 0.29) is 47.5 Å². The highest BCUT2D eigenvalue weighted by atomic mass is 28.4. The molecule has 11 heteroatoms. The number of ether oxygens (including phenoxy) is 2. The van der Waals surface area contributed by atoms with Gasteiger partial charge in [0.25, 0.3) is 5.91 Å². The Morgan fingerprint density at radius 3 is 2.09 bits per heavy atom. The normalized spacial score (nSPS) is 12.6. The van der Waals surface area contributed by atoms with Gasteiger partial charge < -0.3 is 23.8 Å². The minimum atomic E-state index is -2.37. The summed E-state index contributed by atoms with van der Waals surface area (Å²) < 4.78 is 47.6. The summed E-state index contributed by atoms with van der Waals surface area (Å²) in [6.07, 6.45) is 2.24. The second-order valence-corrected chi connectivity index (χ2v) is 19.5. The van der Waals surface area contributed by atoms with Crippen molar-refractivity contribution in [1.82, 2.24) is 9.88 Å². The third-order valence-electron chi connectivity index (χ3n) is 9.62. The van der Waals surface area contributed by atoms with Crippen molar-refractivity contribution in [3.63, 3.8) is 0 Å². The molecule has 3 aromatic carbocycles. The van der Waals surface area contributed by atoms with Gasteiger partial charge in [0.2, 0.25) is 0 Å². The number of carbonyl (C=O) groups excluding carboxylic acids is 3. The lowest BCUT2D eigenvalue weighted by atomic mass is 9.94. The van der Waals surface area contributed by atoms with Crippen LogP contribution >= 0.6 is 0 Å². The first-order chi connectivity index (χ1) is 25.0. The molecule has 0 spiro atoms. The number of carbonyl (C=O) groups is 3. The van der Waals surface area contributed by atoms with Crippen molar-refractivity contribution in [1.29, 1.82) is 0 Å². The van der Waals surface area contributed by atoms with Crippen LogP contribution in [0.15, 0.2) is 78.9 Å². The van der Waals surface area contributed by atoms with Crippen molar-refractivity contribution in [3.05, 3.63) is 107 Å². The van der Waals surface area contributed by atoms with Gasteiger partial charge in [-0.3, -0.25) is 14.4 Å². The van der Waals surface area contributed by atoms with Crippen LogP contribution in [0.4, 0.5) is 8.78 Å². The van der Waals surface area contributed by atoms with Crippen LogP contribution < -0.4 is 10.1 Å². The first-order valence-electron chi connectivity index (χ1n) is 17.6. The van der Waals surface area contributed by atoms with Crippen molar-refractivity contribution in [2.24, 2.45) is 0 Å². The van der Waals surface area contributed by atoms with Crippen LogP contribution in [0.25, 0.3) is 28.3 Å². The highest BCUT2D eigenvalue weighted by Gasteiger charge is 2.40. The number of nitrogens with one attached hydrogen (secondary N) is 1. The van der Waals surface area contributed by atoms with Gasteiger partial charge in [-0.25, -0.2) is 8.78 Å². The van der Waals surface area contributed by atoms with Gasteiger partial charge in [0.15, 0.2) is 14.1 Å². The molecule has 0 unspecified atom stereocenters. The lowest BCUT2D eigenvalue weighted by molar-refractivity contribution is -0.142. The topological polar surface area (TPSA) is 95.9 Å². The Bertz CT molecular complexity index is 1950. The number of nitrogens with zero attached hydrogens (tertiary/aromatic N) is 1. The Balaban J connectivity index is 1.87. The molecule has 1 heterocycles. The minimum absolute atomic E-state index is 0.0707. The van der Waals surface area contributed by atoms with Crippen molar-refractivity contribution < 1.29 is 37.1 Å². The van der Waals surface area contributed by atoms with Crippen LogP contribution in [0, 0.1) is 11.6 Å². The van der Waals surface area contributed by atoms with Gasteiger partial charge >= 0.3 is 5.97 Å². The van der Waals surface area contributed by atoms with Gasteiger partial charge in [0, 0.05) is 41.8 Å². The van der Waals surface area contributed by atoms with Crippen LogP contribution in [0.1, 0.15) is 75.2 Å². The second kappa shape index (κ2) is 17.3. The Hall–Kier alpha value is -4.87. The summed E-state index contributed by atoms with van der Waals surface area (Å²) >= 11 is 0. The molecule has 0 radical (unpaired) electrons. The number of halogens is 2. The number of hydrogen-bond donors (Lipinski definition) is 1. The number of allylic oxidation sites excluding steroid dienone is 1. The molecule has 4 rings (SSSR count). The molecule has 0 fully saturated rings. The van der Waals surface area contributed by atoms with E-state index >= 15 is 0 Å². The average molecular weight is 745 g/mol. The lowest BCUT2D eigenvalue weighted by Gasteiger charge is -2.39. The quantitative estimate of drug-likeness (QED) is 0.0740. The Morgan fingerprint density at radius 1 is 0.887 bits per heavy atom. The van der Waals surface area contributed by atoms with Crippen molar-refractivity contribution in [3.8, 4) is 28.0 Å². The molecule has 1 N–H and O–H groups in total. The highest BCUT2D eigenvalue weighted by Crippen LogP contribution is 2.43. The molecule has 4 aromatic rings. The molecule has 0 aliphatic carbocycles. The van der Waals surface area contributed by atoms with Gasteiger partial charge in [-0.2, -0.15) is 0 Å². The fraction of sp³-hybridized carbons (Fsp3) is 0.357. The molecule has 0 saturated carbocycles. The first-order valence-corrected chi connectivity index (χ1v) is 20.5. The number of rotatable bonds is 15. The summed E-state index contributed by atoms with van der Waals surface area (Å²) in [5.74, 6) is -1.83. The number of amides is 1. The fourth-order valence-electron chi connectivity index (χ4n) is 5.87. The lowest BCUT2D eigenvalue weighted by Crippen LogP contribution is -2.44. The van der Waals surface area contributed by atoms with Gasteiger partial charge in [-0.05, 0) is 73.5 Å². The monoisotopic (exact) mass is 744 g/mol. The zero-order chi connectivity index (χ0) is 39.1. The Labute approximate surface area is 312 Å². The van der Waals surface area contributed by atoms with Crippen LogP contribution in [-0.2, 0) is 25.3 Å². The third-order valence-corrected chi connectivity index (χ3v) is 14.2. The first kappa shape index (κ1) is 40.9. The van der Waals surface area contributed by atoms with Crippen molar-refractivity contribution >= 4 is 32.1 Å². The summed E-state index contributed by atoms with van der Waals surface area (Å²) in [4.78, 5) is 40.5. The van der Waals surface area contributed by atoms with Gasteiger partial charge in [0.1, 0.15) is 23.1 Å². The van der Waals surface area contributed by atoms with Gasteiger partial charge in [-0.15, -0.1) is 0 Å². The van der Waals surface area contributed by atoms with E-state index in [1.165, 1.54) is 38.5 Å². The van der Waals surface area contributed by atoms with Crippen LogP contribution in [0.3, 0.4) is 0 Å². The number of hydrogen-bond acceptors (Lipinski definition) is 6. The molecule has 0 aliphatic rings. The molecule has 282 valence electrons. The predicted octanol–water partition coefficient (Wildman–Crippen LogP) is 9.55. The van der Waals surface area contributed by atoms with Crippen molar-refractivity contribution in [2.75, 3.05) is 14.2 Å². The maximum Gasteiger partial charge on any atom is 0.308 e. The standard InChI is InChI=1S/C42H50F2N2O6Si/c1-27(2)46-36(22-20-32(47)23-34(25-37(48)51-7)52-53(8,9)42(3,4)5)38(29-15-18-31(43)19-16-29)39(28-13-11-10-12-14-28)40(46)41(49)45-26-30-17-21-33(50-6)24-35(30)44/h10-22,24,27,34H,23,25-26H2,1-9H3,(H,45,49)/t34-/m1/s1. The smallest absolute Gasteiger partial charge is 0.308 e. The average Bonchev–Trinajstić information content (AvgIpc) is 3.45. The largest absolute Gasteiger partial charge is 0.497 e. The van der Waals surface area contributed by atoms with Gasteiger partial charge in [0.05, 0.1) is 32.4 Å². The number of esters is 1. The molecule has 1 atom stereocenters. The molecular weight excluding hydrogens is 695 g/mol. The Kier molecular flexibility index (Phi) is 13.3. The zero-order valence-corrected chi connectivity index (χ0v) is 33.0.